The van der Waals surface area contributed by atoms with Gasteiger partial charge in [-0.3, -0.25) is 9.67 Å². The first kappa shape index (κ1) is 20.7. The minimum absolute atomic E-state index is 0. The molecule has 0 aliphatic carbocycles. The summed E-state index contributed by atoms with van der Waals surface area (Å²) in [6.45, 7) is 9.21. The molecular formula is C18H30IN7. The van der Waals surface area contributed by atoms with Gasteiger partial charge in [-0.05, 0) is 26.2 Å². The van der Waals surface area contributed by atoms with Crippen LogP contribution in [0.3, 0.4) is 0 Å². The average molecular weight is 471 g/mol. The van der Waals surface area contributed by atoms with E-state index in [-0.39, 0.29) is 24.0 Å². The molecule has 1 fully saturated rings. The quantitative estimate of drug-likeness (QED) is 0.425. The van der Waals surface area contributed by atoms with Crippen molar-refractivity contribution >= 4 is 29.9 Å². The molecule has 0 saturated carbocycles. The first-order valence-corrected chi connectivity index (χ1v) is 8.93. The summed E-state index contributed by atoms with van der Waals surface area (Å²) in [5.41, 5.74) is 3.52. The molecule has 7 nitrogen and oxygen atoms in total. The van der Waals surface area contributed by atoms with E-state index in [2.05, 4.69) is 56.8 Å². The normalized spacial score (nSPS) is 20.8. The van der Waals surface area contributed by atoms with Gasteiger partial charge in [0.05, 0.1) is 18.1 Å². The van der Waals surface area contributed by atoms with Crippen molar-refractivity contribution in [3.63, 3.8) is 0 Å². The number of hydrogen-bond acceptors (Lipinski definition) is 3. The zero-order valence-corrected chi connectivity index (χ0v) is 18.6. The van der Waals surface area contributed by atoms with Crippen LogP contribution >= 0.6 is 24.0 Å². The van der Waals surface area contributed by atoms with E-state index in [9.17, 15) is 0 Å². The second-order valence-corrected chi connectivity index (χ2v) is 6.96. The summed E-state index contributed by atoms with van der Waals surface area (Å²) in [5.74, 6) is 1.59. The Balaban J connectivity index is 0.00000243. The molecule has 0 spiro atoms. The molecule has 144 valence electrons. The molecular weight excluding hydrogens is 441 g/mol. The van der Waals surface area contributed by atoms with Crippen molar-refractivity contribution in [3.05, 3.63) is 35.7 Å². The van der Waals surface area contributed by atoms with Crippen LogP contribution in [0.1, 0.15) is 36.3 Å². The summed E-state index contributed by atoms with van der Waals surface area (Å²) in [4.78, 5) is 11.1. The number of likely N-dealkylation sites (tertiary alicyclic amines) is 1. The lowest BCUT2D eigenvalue weighted by atomic mass is 9.93. The first-order valence-electron chi connectivity index (χ1n) is 8.93. The molecule has 0 bridgehead atoms. The van der Waals surface area contributed by atoms with Crippen LogP contribution in [0.2, 0.25) is 0 Å². The highest BCUT2D eigenvalue weighted by Crippen LogP contribution is 2.27. The van der Waals surface area contributed by atoms with Crippen molar-refractivity contribution in [2.45, 2.75) is 39.8 Å². The van der Waals surface area contributed by atoms with Gasteiger partial charge in [0.15, 0.2) is 5.96 Å². The third-order valence-corrected chi connectivity index (χ3v) is 5.42. The van der Waals surface area contributed by atoms with Crippen molar-refractivity contribution in [2.75, 3.05) is 20.1 Å². The number of imidazole rings is 1. The molecule has 1 aliphatic heterocycles. The fourth-order valence-electron chi connectivity index (χ4n) is 3.67. The Morgan fingerprint density at radius 1 is 1.38 bits per heavy atom. The van der Waals surface area contributed by atoms with Crippen molar-refractivity contribution in [2.24, 2.45) is 18.0 Å². The minimum atomic E-state index is 0. The number of hydrogen-bond donors (Lipinski definition) is 1. The van der Waals surface area contributed by atoms with Gasteiger partial charge in [0.25, 0.3) is 0 Å². The van der Waals surface area contributed by atoms with Gasteiger partial charge in [0, 0.05) is 57.4 Å². The molecule has 0 radical (unpaired) electrons. The van der Waals surface area contributed by atoms with E-state index in [1.165, 1.54) is 11.3 Å². The Morgan fingerprint density at radius 3 is 2.73 bits per heavy atom. The zero-order chi connectivity index (χ0) is 18.0. The van der Waals surface area contributed by atoms with Crippen LogP contribution in [0.5, 0.6) is 0 Å². The van der Waals surface area contributed by atoms with Crippen LogP contribution in [0.4, 0.5) is 0 Å². The molecule has 1 aliphatic rings. The predicted octanol–water partition coefficient (Wildman–Crippen LogP) is 2.51. The molecule has 3 heterocycles. The molecule has 2 unspecified atom stereocenters. The standard InChI is InChI=1S/C18H29N7.HI/c1-13-6-8-24(11-17(13)25-9-7-20-12-25)18(19-4)21-10-16-14(2)22-23(5)15(16)3;/h7,9,12-13,17H,6,8,10-11H2,1-5H3,(H,19,21);1H. The van der Waals surface area contributed by atoms with Gasteiger partial charge in [-0.2, -0.15) is 5.10 Å². The number of aryl methyl sites for hydroxylation is 2. The van der Waals surface area contributed by atoms with Gasteiger partial charge in [-0.1, -0.05) is 6.92 Å². The van der Waals surface area contributed by atoms with Crippen LogP contribution in [0.25, 0.3) is 0 Å². The predicted molar refractivity (Wildman–Crippen MR) is 115 cm³/mol. The summed E-state index contributed by atoms with van der Waals surface area (Å²) in [7, 11) is 3.85. The van der Waals surface area contributed by atoms with Crippen LogP contribution in [-0.4, -0.2) is 50.3 Å². The SMILES string of the molecule is CN=C(NCc1c(C)nn(C)c1C)N1CCC(C)C(n2ccnc2)C1.I. The number of guanidine groups is 1. The summed E-state index contributed by atoms with van der Waals surface area (Å²) >= 11 is 0. The van der Waals surface area contributed by atoms with Gasteiger partial charge >= 0.3 is 0 Å². The Kier molecular flexibility index (Phi) is 7.08. The highest BCUT2D eigenvalue weighted by atomic mass is 127. The van der Waals surface area contributed by atoms with Gasteiger partial charge in [0.1, 0.15) is 0 Å². The number of rotatable bonds is 3. The third kappa shape index (κ3) is 4.21. The van der Waals surface area contributed by atoms with Crippen molar-refractivity contribution in [3.8, 4) is 0 Å². The van der Waals surface area contributed by atoms with Gasteiger partial charge in [-0.25, -0.2) is 4.98 Å². The summed E-state index contributed by atoms with van der Waals surface area (Å²) < 4.78 is 4.16. The van der Waals surface area contributed by atoms with E-state index in [0.29, 0.717) is 12.0 Å². The first-order chi connectivity index (χ1) is 12.0. The highest BCUT2D eigenvalue weighted by molar-refractivity contribution is 14.0. The molecule has 0 aromatic carbocycles. The van der Waals surface area contributed by atoms with Gasteiger partial charge < -0.3 is 14.8 Å². The maximum absolute atomic E-state index is 4.51. The van der Waals surface area contributed by atoms with Crippen LogP contribution in [0.15, 0.2) is 23.7 Å². The number of aliphatic imine (C=N–C) groups is 1. The van der Waals surface area contributed by atoms with Crippen LogP contribution < -0.4 is 5.32 Å². The van der Waals surface area contributed by atoms with E-state index >= 15 is 0 Å². The molecule has 2 atom stereocenters. The molecule has 8 heteroatoms. The molecule has 1 N–H and O–H groups in total. The Labute approximate surface area is 172 Å². The van der Waals surface area contributed by atoms with E-state index in [1.54, 1.807) is 0 Å². The summed E-state index contributed by atoms with van der Waals surface area (Å²) in [6, 6.07) is 0.427. The monoisotopic (exact) mass is 471 g/mol. The number of halogens is 1. The number of nitrogens with zero attached hydrogens (tertiary/aromatic N) is 6. The molecule has 2 aromatic rings. The lowest BCUT2D eigenvalue weighted by molar-refractivity contribution is 0.189. The van der Waals surface area contributed by atoms with E-state index < -0.39 is 0 Å². The largest absolute Gasteiger partial charge is 0.352 e. The fraction of sp³-hybridized carbons (Fsp3) is 0.611. The number of aromatic nitrogens is 4. The minimum Gasteiger partial charge on any atom is -0.352 e. The number of nitrogens with one attached hydrogen (secondary N) is 1. The molecule has 26 heavy (non-hydrogen) atoms. The van der Waals surface area contributed by atoms with E-state index in [4.69, 9.17) is 0 Å². The van der Waals surface area contributed by atoms with Crippen LogP contribution in [-0.2, 0) is 13.6 Å². The second kappa shape index (κ2) is 8.88. The Bertz CT molecular complexity index is 735. The van der Waals surface area contributed by atoms with Gasteiger partial charge in [-0.15, -0.1) is 24.0 Å². The molecule has 3 rings (SSSR count). The molecule has 0 amide bonds. The Morgan fingerprint density at radius 2 is 2.15 bits per heavy atom. The average Bonchev–Trinajstić information content (AvgIpc) is 3.20. The maximum atomic E-state index is 4.51. The molecule has 2 aromatic heterocycles. The summed E-state index contributed by atoms with van der Waals surface area (Å²) in [6.07, 6.45) is 6.98. The number of piperidine rings is 1. The molecule has 1 saturated heterocycles. The van der Waals surface area contributed by atoms with Gasteiger partial charge in [0.2, 0.25) is 0 Å². The third-order valence-electron chi connectivity index (χ3n) is 5.42. The van der Waals surface area contributed by atoms with E-state index in [0.717, 1.165) is 37.7 Å². The lowest BCUT2D eigenvalue weighted by Gasteiger charge is -2.39. The van der Waals surface area contributed by atoms with Crippen molar-refractivity contribution in [1.82, 2.24) is 29.5 Å². The Hall–Kier alpha value is -1.58. The lowest BCUT2D eigenvalue weighted by Crippen LogP contribution is -2.48. The van der Waals surface area contributed by atoms with Crippen molar-refractivity contribution < 1.29 is 0 Å². The summed E-state index contributed by atoms with van der Waals surface area (Å²) in [5, 5.41) is 8.02. The zero-order valence-electron chi connectivity index (χ0n) is 16.3. The highest BCUT2D eigenvalue weighted by Gasteiger charge is 2.29. The van der Waals surface area contributed by atoms with E-state index in [1.807, 2.05) is 31.3 Å². The van der Waals surface area contributed by atoms with Crippen LogP contribution in [0, 0.1) is 19.8 Å². The smallest absolute Gasteiger partial charge is 0.193 e. The topological polar surface area (TPSA) is 63.3 Å². The van der Waals surface area contributed by atoms with Crippen molar-refractivity contribution in [1.29, 1.82) is 0 Å². The second-order valence-electron chi connectivity index (χ2n) is 6.96. The fourth-order valence-corrected chi connectivity index (χ4v) is 3.67. The maximum Gasteiger partial charge on any atom is 0.193 e.